The number of hydrogen-bond acceptors (Lipinski definition) is 5. The maximum Gasteiger partial charge on any atom is 0.184 e. The van der Waals surface area contributed by atoms with Crippen LogP contribution in [0, 0.1) is 6.92 Å². The monoisotopic (exact) mass is 600 g/mol. The SMILES string of the molecule is Cc1nn(C(c2ccccc2)(c2ccccc2)c2ccccc2)cc1-c1ccc2ncc(-c3ccc(S(C)(=O)=O)s3)n2c1. The molecule has 0 aliphatic rings. The summed E-state index contributed by atoms with van der Waals surface area (Å²) in [5.74, 6) is 0. The van der Waals surface area contributed by atoms with Gasteiger partial charge >= 0.3 is 0 Å². The molecule has 3 aromatic carbocycles. The Kier molecular flexibility index (Phi) is 6.60. The third-order valence-corrected chi connectivity index (χ3v) is 10.8. The lowest BCUT2D eigenvalue weighted by Crippen LogP contribution is -2.38. The molecule has 0 atom stereocenters. The highest BCUT2D eigenvalue weighted by Gasteiger charge is 2.39. The maximum atomic E-state index is 12.1. The molecule has 212 valence electrons. The van der Waals surface area contributed by atoms with Gasteiger partial charge in [-0.3, -0.25) is 9.08 Å². The summed E-state index contributed by atoms with van der Waals surface area (Å²) in [6.07, 6.45) is 7.21. The second kappa shape index (κ2) is 10.5. The van der Waals surface area contributed by atoms with Gasteiger partial charge in [0, 0.05) is 29.8 Å². The van der Waals surface area contributed by atoms with E-state index in [2.05, 4.69) is 101 Å². The molecule has 0 fully saturated rings. The molecule has 0 unspecified atom stereocenters. The van der Waals surface area contributed by atoms with E-state index in [0.717, 1.165) is 49.7 Å². The van der Waals surface area contributed by atoms with Crippen molar-refractivity contribution >= 4 is 26.8 Å². The molecule has 6 nitrogen and oxygen atoms in total. The van der Waals surface area contributed by atoms with Crippen molar-refractivity contribution < 1.29 is 8.42 Å². The minimum Gasteiger partial charge on any atom is -0.298 e. The van der Waals surface area contributed by atoms with Crippen molar-refractivity contribution in [2.45, 2.75) is 16.7 Å². The quantitative estimate of drug-likeness (QED) is 0.178. The summed E-state index contributed by atoms with van der Waals surface area (Å²) in [6.45, 7) is 2.04. The highest BCUT2D eigenvalue weighted by molar-refractivity contribution is 7.92. The second-order valence-corrected chi connectivity index (χ2v) is 13.9. The smallest absolute Gasteiger partial charge is 0.184 e. The Balaban J connectivity index is 1.43. The number of sulfone groups is 1. The Labute approximate surface area is 254 Å². The normalized spacial score (nSPS) is 12.1. The molecule has 7 aromatic rings. The predicted octanol–water partition coefficient (Wildman–Crippen LogP) is 7.48. The number of nitrogens with zero attached hydrogens (tertiary/aromatic N) is 4. The van der Waals surface area contributed by atoms with Gasteiger partial charge in [0.1, 0.15) is 15.4 Å². The number of pyridine rings is 1. The van der Waals surface area contributed by atoms with Crippen LogP contribution in [0.15, 0.2) is 138 Å². The first-order valence-electron chi connectivity index (χ1n) is 13.9. The molecular formula is C35H28N4O2S2. The first-order chi connectivity index (χ1) is 20.9. The van der Waals surface area contributed by atoms with Crippen molar-refractivity contribution in [1.29, 1.82) is 0 Å². The average molecular weight is 601 g/mol. The van der Waals surface area contributed by atoms with E-state index in [-0.39, 0.29) is 0 Å². The van der Waals surface area contributed by atoms with Gasteiger partial charge in [-0.1, -0.05) is 91.0 Å². The Morgan fingerprint density at radius 3 is 1.84 bits per heavy atom. The largest absolute Gasteiger partial charge is 0.298 e. The Bertz CT molecular complexity index is 2070. The predicted molar refractivity (Wildman–Crippen MR) is 172 cm³/mol. The summed E-state index contributed by atoms with van der Waals surface area (Å²) in [5, 5.41) is 5.19. The molecule has 8 heteroatoms. The van der Waals surface area contributed by atoms with Crippen molar-refractivity contribution in [2.24, 2.45) is 0 Å². The van der Waals surface area contributed by atoms with Gasteiger partial charge in [-0.25, -0.2) is 13.4 Å². The van der Waals surface area contributed by atoms with E-state index in [0.29, 0.717) is 4.21 Å². The molecule has 0 spiro atoms. The van der Waals surface area contributed by atoms with Crippen molar-refractivity contribution in [3.8, 4) is 21.7 Å². The van der Waals surface area contributed by atoms with Gasteiger partial charge in [-0.05, 0) is 47.9 Å². The van der Waals surface area contributed by atoms with Crippen molar-refractivity contribution in [3.05, 3.63) is 156 Å². The van der Waals surface area contributed by atoms with Crippen LogP contribution in [-0.2, 0) is 15.4 Å². The van der Waals surface area contributed by atoms with Gasteiger partial charge in [0.25, 0.3) is 0 Å². The number of benzene rings is 3. The summed E-state index contributed by atoms with van der Waals surface area (Å²) in [6, 6.07) is 39.0. The van der Waals surface area contributed by atoms with Gasteiger partial charge in [-0.2, -0.15) is 5.10 Å². The average Bonchev–Trinajstić information content (AvgIpc) is 3.78. The van der Waals surface area contributed by atoms with Crippen LogP contribution in [-0.4, -0.2) is 33.8 Å². The standard InChI is InChI=1S/C35H28N4O2S2/c1-25-30(26-18-20-33-36-22-31(38(33)23-26)32-19-21-34(42-32)43(2,40)41)24-39(37-25)35(27-12-6-3-7-13-27,28-14-8-4-9-15-28)29-16-10-5-11-17-29/h3-24H,1-2H3. The van der Waals surface area contributed by atoms with Gasteiger partial charge in [-0.15, -0.1) is 11.3 Å². The Morgan fingerprint density at radius 2 is 1.30 bits per heavy atom. The fourth-order valence-electron chi connectivity index (χ4n) is 5.83. The van der Waals surface area contributed by atoms with Crippen LogP contribution in [0.3, 0.4) is 0 Å². The number of aromatic nitrogens is 4. The third-order valence-electron chi connectivity index (χ3n) is 7.83. The minimum absolute atomic E-state index is 0.338. The molecular weight excluding hydrogens is 573 g/mol. The lowest BCUT2D eigenvalue weighted by molar-refractivity contribution is 0.458. The molecule has 0 bridgehead atoms. The number of fused-ring (bicyclic) bond motifs is 1. The summed E-state index contributed by atoms with van der Waals surface area (Å²) in [5.41, 5.74) is 7.10. The highest BCUT2D eigenvalue weighted by Crippen LogP contribution is 2.42. The summed E-state index contributed by atoms with van der Waals surface area (Å²) in [7, 11) is -3.29. The molecule has 0 saturated carbocycles. The molecule has 0 radical (unpaired) electrons. The molecule has 4 heterocycles. The zero-order chi connectivity index (χ0) is 29.6. The fraction of sp³-hybridized carbons (Fsp3) is 0.0857. The molecule has 0 N–H and O–H groups in total. The van der Waals surface area contributed by atoms with Gasteiger partial charge < -0.3 is 0 Å². The van der Waals surface area contributed by atoms with Crippen LogP contribution in [0.5, 0.6) is 0 Å². The van der Waals surface area contributed by atoms with E-state index in [9.17, 15) is 8.42 Å². The van der Waals surface area contributed by atoms with Crippen LogP contribution in [0.25, 0.3) is 27.3 Å². The molecule has 0 saturated heterocycles. The number of thiophene rings is 1. The van der Waals surface area contributed by atoms with E-state index in [1.807, 2.05) is 41.7 Å². The fourth-order valence-corrected chi connectivity index (χ4v) is 7.76. The van der Waals surface area contributed by atoms with E-state index in [4.69, 9.17) is 5.10 Å². The summed E-state index contributed by atoms with van der Waals surface area (Å²) >= 11 is 1.25. The van der Waals surface area contributed by atoms with Crippen LogP contribution in [0.2, 0.25) is 0 Å². The third kappa shape index (κ3) is 4.59. The van der Waals surface area contributed by atoms with E-state index < -0.39 is 15.4 Å². The lowest BCUT2D eigenvalue weighted by atomic mass is 9.77. The van der Waals surface area contributed by atoms with Gasteiger partial charge in [0.15, 0.2) is 9.84 Å². The zero-order valence-electron chi connectivity index (χ0n) is 23.6. The number of imidazole rings is 1. The van der Waals surface area contributed by atoms with Crippen LogP contribution in [0.1, 0.15) is 22.4 Å². The molecule has 43 heavy (non-hydrogen) atoms. The Hall–Kier alpha value is -4.79. The summed E-state index contributed by atoms with van der Waals surface area (Å²) in [4.78, 5) is 5.43. The van der Waals surface area contributed by atoms with E-state index >= 15 is 0 Å². The van der Waals surface area contributed by atoms with Crippen LogP contribution < -0.4 is 0 Å². The molecule has 7 rings (SSSR count). The Morgan fingerprint density at radius 1 is 0.721 bits per heavy atom. The van der Waals surface area contributed by atoms with Crippen LogP contribution >= 0.6 is 11.3 Å². The minimum atomic E-state index is -3.29. The number of hydrogen-bond donors (Lipinski definition) is 0. The van der Waals surface area contributed by atoms with Crippen molar-refractivity contribution in [2.75, 3.05) is 6.26 Å². The van der Waals surface area contributed by atoms with E-state index in [1.54, 1.807) is 12.3 Å². The number of aryl methyl sites for hydroxylation is 1. The van der Waals surface area contributed by atoms with Crippen molar-refractivity contribution in [1.82, 2.24) is 19.2 Å². The zero-order valence-corrected chi connectivity index (χ0v) is 25.3. The molecule has 0 aliphatic carbocycles. The topological polar surface area (TPSA) is 69.3 Å². The molecule has 0 aliphatic heterocycles. The highest BCUT2D eigenvalue weighted by atomic mass is 32.2. The maximum absolute atomic E-state index is 12.1. The van der Waals surface area contributed by atoms with Gasteiger partial charge in [0.2, 0.25) is 0 Å². The van der Waals surface area contributed by atoms with E-state index in [1.165, 1.54) is 17.6 Å². The van der Waals surface area contributed by atoms with Gasteiger partial charge in [0.05, 0.1) is 22.5 Å². The lowest BCUT2D eigenvalue weighted by Gasteiger charge is -2.36. The second-order valence-electron chi connectivity index (χ2n) is 10.6. The van der Waals surface area contributed by atoms with Crippen LogP contribution in [0.4, 0.5) is 0 Å². The first-order valence-corrected chi connectivity index (χ1v) is 16.6. The molecule has 4 aromatic heterocycles. The summed E-state index contributed by atoms with van der Waals surface area (Å²) < 4.78 is 28.7. The number of rotatable bonds is 7. The first kappa shape index (κ1) is 27.1. The molecule has 0 amide bonds. The van der Waals surface area contributed by atoms with Crippen molar-refractivity contribution in [3.63, 3.8) is 0 Å².